The largest absolute Gasteiger partial charge is 0.466 e. The Labute approximate surface area is 167 Å². The van der Waals surface area contributed by atoms with E-state index in [0.29, 0.717) is 37.4 Å². The lowest BCUT2D eigenvalue weighted by atomic mass is 10.1. The first-order valence-corrected chi connectivity index (χ1v) is 11.2. The zero-order valence-corrected chi connectivity index (χ0v) is 17.3. The molecule has 0 bridgehead atoms. The maximum Gasteiger partial charge on any atom is 0.243 e. The van der Waals surface area contributed by atoms with Gasteiger partial charge < -0.3 is 9.73 Å². The summed E-state index contributed by atoms with van der Waals surface area (Å²) in [5.74, 6) is 1.62. The Morgan fingerprint density at radius 2 is 1.79 bits per heavy atom. The van der Waals surface area contributed by atoms with Crippen molar-refractivity contribution in [1.82, 2.24) is 9.62 Å². The molecule has 0 aliphatic carbocycles. The Hall–Kier alpha value is -2.12. The van der Waals surface area contributed by atoms with Crippen LogP contribution in [0.15, 0.2) is 39.6 Å². The SMILES string of the molecule is Cc1cc(CNC(=O)CCc2ccc(S(=O)(=O)N3CCCCC3)cc2)c(C)o1. The first kappa shape index (κ1) is 20.6. The molecule has 7 heteroatoms. The molecule has 0 atom stereocenters. The van der Waals surface area contributed by atoms with E-state index in [0.717, 1.165) is 41.9 Å². The minimum Gasteiger partial charge on any atom is -0.466 e. The lowest BCUT2D eigenvalue weighted by Gasteiger charge is -2.25. The number of benzene rings is 1. The Balaban J connectivity index is 1.51. The zero-order valence-electron chi connectivity index (χ0n) is 16.5. The van der Waals surface area contributed by atoms with Crippen molar-refractivity contribution in [2.75, 3.05) is 13.1 Å². The first-order valence-electron chi connectivity index (χ1n) is 9.78. The van der Waals surface area contributed by atoms with Crippen molar-refractivity contribution in [3.63, 3.8) is 0 Å². The second-order valence-corrected chi connectivity index (χ2v) is 9.26. The Kier molecular flexibility index (Phi) is 6.57. The summed E-state index contributed by atoms with van der Waals surface area (Å²) in [5, 5.41) is 2.90. The summed E-state index contributed by atoms with van der Waals surface area (Å²) < 4.78 is 32.4. The summed E-state index contributed by atoms with van der Waals surface area (Å²) in [6.07, 6.45) is 3.86. The standard InChI is InChI=1S/C21H28N2O4S/c1-16-14-19(17(2)27-16)15-22-21(24)11-8-18-6-9-20(10-7-18)28(25,26)23-12-4-3-5-13-23/h6-7,9-10,14H,3-5,8,11-13,15H2,1-2H3,(H,22,24). The molecule has 6 nitrogen and oxygen atoms in total. The molecule has 1 amide bonds. The van der Waals surface area contributed by atoms with Gasteiger partial charge in [0.2, 0.25) is 15.9 Å². The molecule has 0 saturated carbocycles. The molecular weight excluding hydrogens is 376 g/mol. The number of aryl methyl sites for hydroxylation is 3. The van der Waals surface area contributed by atoms with Crippen LogP contribution in [0.3, 0.4) is 0 Å². The van der Waals surface area contributed by atoms with Gasteiger partial charge in [-0.15, -0.1) is 0 Å². The minimum atomic E-state index is -3.41. The highest BCUT2D eigenvalue weighted by atomic mass is 32.2. The zero-order chi connectivity index (χ0) is 20.1. The molecule has 1 aliphatic rings. The van der Waals surface area contributed by atoms with Gasteiger partial charge in [0.15, 0.2) is 0 Å². The Morgan fingerprint density at radius 1 is 1.11 bits per heavy atom. The molecule has 0 radical (unpaired) electrons. The van der Waals surface area contributed by atoms with E-state index in [2.05, 4.69) is 5.32 Å². The Morgan fingerprint density at radius 3 is 2.39 bits per heavy atom. The number of nitrogens with one attached hydrogen (secondary N) is 1. The minimum absolute atomic E-state index is 0.0386. The van der Waals surface area contributed by atoms with Crippen molar-refractivity contribution in [2.45, 2.75) is 57.4 Å². The summed E-state index contributed by atoms with van der Waals surface area (Å²) in [5.41, 5.74) is 1.93. The molecule has 28 heavy (non-hydrogen) atoms. The van der Waals surface area contributed by atoms with Gasteiger partial charge in [-0.25, -0.2) is 8.42 Å². The average molecular weight is 405 g/mol. The topological polar surface area (TPSA) is 79.6 Å². The van der Waals surface area contributed by atoms with E-state index < -0.39 is 10.0 Å². The summed E-state index contributed by atoms with van der Waals surface area (Å²) in [4.78, 5) is 12.4. The summed E-state index contributed by atoms with van der Waals surface area (Å²) >= 11 is 0. The maximum atomic E-state index is 12.7. The third-order valence-corrected chi connectivity index (χ3v) is 7.05. The number of nitrogens with zero attached hydrogens (tertiary/aromatic N) is 1. The third kappa shape index (κ3) is 5.02. The second kappa shape index (κ2) is 8.92. The molecule has 152 valence electrons. The quantitative estimate of drug-likeness (QED) is 0.768. The number of carbonyl (C=O) groups is 1. The number of carbonyl (C=O) groups excluding carboxylic acids is 1. The third-order valence-electron chi connectivity index (χ3n) is 5.14. The van der Waals surface area contributed by atoms with Gasteiger partial charge >= 0.3 is 0 Å². The highest BCUT2D eigenvalue weighted by Crippen LogP contribution is 2.21. The van der Waals surface area contributed by atoms with E-state index in [-0.39, 0.29) is 5.91 Å². The van der Waals surface area contributed by atoms with Crippen molar-refractivity contribution in [3.8, 4) is 0 Å². The van der Waals surface area contributed by atoms with E-state index in [1.807, 2.05) is 19.9 Å². The van der Waals surface area contributed by atoms with Crippen LogP contribution < -0.4 is 5.32 Å². The van der Waals surface area contributed by atoms with E-state index in [1.165, 1.54) is 0 Å². The normalized spacial score (nSPS) is 15.5. The van der Waals surface area contributed by atoms with Gasteiger partial charge in [0.25, 0.3) is 0 Å². The number of furan rings is 1. The van der Waals surface area contributed by atoms with Crippen LogP contribution in [0, 0.1) is 13.8 Å². The molecule has 1 fully saturated rings. The maximum absolute atomic E-state index is 12.7. The van der Waals surface area contributed by atoms with E-state index in [4.69, 9.17) is 4.42 Å². The fourth-order valence-electron chi connectivity index (χ4n) is 3.48. The van der Waals surface area contributed by atoms with Crippen LogP contribution in [0.1, 0.15) is 48.3 Å². The molecule has 1 aromatic carbocycles. The van der Waals surface area contributed by atoms with Crippen LogP contribution in [0.25, 0.3) is 0 Å². The van der Waals surface area contributed by atoms with Crippen LogP contribution in [-0.2, 0) is 27.8 Å². The van der Waals surface area contributed by atoms with Gasteiger partial charge in [-0.2, -0.15) is 4.31 Å². The lowest BCUT2D eigenvalue weighted by Crippen LogP contribution is -2.35. The smallest absolute Gasteiger partial charge is 0.243 e. The molecule has 2 aromatic rings. The number of rotatable bonds is 7. The molecule has 0 spiro atoms. The van der Waals surface area contributed by atoms with Gasteiger partial charge in [-0.1, -0.05) is 18.6 Å². The van der Waals surface area contributed by atoms with E-state index >= 15 is 0 Å². The monoisotopic (exact) mass is 404 g/mol. The first-order chi connectivity index (χ1) is 13.4. The average Bonchev–Trinajstić information content (AvgIpc) is 3.03. The highest BCUT2D eigenvalue weighted by molar-refractivity contribution is 7.89. The van der Waals surface area contributed by atoms with Gasteiger partial charge in [0.05, 0.1) is 4.90 Å². The van der Waals surface area contributed by atoms with Crippen molar-refractivity contribution >= 4 is 15.9 Å². The van der Waals surface area contributed by atoms with Crippen molar-refractivity contribution in [1.29, 1.82) is 0 Å². The molecule has 1 N–H and O–H groups in total. The van der Waals surface area contributed by atoms with Crippen LogP contribution in [0.4, 0.5) is 0 Å². The number of hydrogen-bond donors (Lipinski definition) is 1. The molecule has 3 rings (SSSR count). The lowest BCUT2D eigenvalue weighted by molar-refractivity contribution is -0.121. The van der Waals surface area contributed by atoms with Crippen LogP contribution >= 0.6 is 0 Å². The predicted octanol–water partition coefficient (Wildman–Crippen LogP) is 3.32. The summed E-state index contributed by atoms with van der Waals surface area (Å²) in [6.45, 7) is 5.41. The number of piperidine rings is 1. The fourth-order valence-corrected chi connectivity index (χ4v) is 5.00. The van der Waals surface area contributed by atoms with E-state index in [1.54, 1.807) is 28.6 Å². The molecule has 1 saturated heterocycles. The van der Waals surface area contributed by atoms with Crippen molar-refractivity contribution in [2.24, 2.45) is 0 Å². The van der Waals surface area contributed by atoms with Crippen molar-refractivity contribution < 1.29 is 17.6 Å². The van der Waals surface area contributed by atoms with Gasteiger partial charge in [0, 0.05) is 31.6 Å². The Bertz CT molecular complexity index is 910. The number of hydrogen-bond acceptors (Lipinski definition) is 4. The van der Waals surface area contributed by atoms with Gasteiger partial charge in [0.1, 0.15) is 11.5 Å². The molecule has 2 heterocycles. The second-order valence-electron chi connectivity index (χ2n) is 7.32. The molecule has 1 aromatic heterocycles. The van der Waals surface area contributed by atoms with Crippen LogP contribution in [0.5, 0.6) is 0 Å². The van der Waals surface area contributed by atoms with Crippen LogP contribution in [-0.4, -0.2) is 31.7 Å². The number of sulfonamides is 1. The highest BCUT2D eigenvalue weighted by Gasteiger charge is 2.25. The molecular formula is C21H28N2O4S. The summed E-state index contributed by atoms with van der Waals surface area (Å²) in [7, 11) is -3.41. The fraction of sp³-hybridized carbons (Fsp3) is 0.476. The molecule has 0 unspecified atom stereocenters. The van der Waals surface area contributed by atoms with Crippen LogP contribution in [0.2, 0.25) is 0 Å². The predicted molar refractivity (Wildman–Crippen MR) is 107 cm³/mol. The van der Waals surface area contributed by atoms with Gasteiger partial charge in [-0.3, -0.25) is 4.79 Å². The molecule has 1 aliphatic heterocycles. The van der Waals surface area contributed by atoms with Crippen molar-refractivity contribution in [3.05, 3.63) is 53.0 Å². The van der Waals surface area contributed by atoms with E-state index in [9.17, 15) is 13.2 Å². The summed E-state index contributed by atoms with van der Waals surface area (Å²) in [6, 6.07) is 8.82. The number of amides is 1. The van der Waals surface area contributed by atoms with Gasteiger partial charge in [-0.05, 0) is 56.9 Å².